The number of hydrogen-bond acceptors (Lipinski definition) is 6. The minimum absolute atomic E-state index is 0.153. The number of ether oxygens (including phenoxy) is 1. The van der Waals surface area contributed by atoms with E-state index in [4.69, 9.17) is 21.6 Å². The van der Waals surface area contributed by atoms with Crippen LogP contribution in [0.1, 0.15) is 39.9 Å². The molecule has 1 unspecified atom stereocenters. The maximum atomic E-state index is 13.6. The van der Waals surface area contributed by atoms with Gasteiger partial charge in [0.1, 0.15) is 11.9 Å². The number of halogens is 2. The molecule has 4 rings (SSSR count). The molecular weight excluding hydrogens is 459 g/mol. The Morgan fingerprint density at radius 2 is 2.24 bits per heavy atom. The zero-order valence-corrected chi connectivity index (χ0v) is 19.7. The average Bonchev–Trinajstić information content (AvgIpc) is 3.21. The van der Waals surface area contributed by atoms with Crippen molar-refractivity contribution in [1.82, 2.24) is 10.2 Å². The summed E-state index contributed by atoms with van der Waals surface area (Å²) >= 11 is 6.38. The fourth-order valence-corrected chi connectivity index (χ4v) is 4.87. The van der Waals surface area contributed by atoms with E-state index in [0.29, 0.717) is 23.9 Å². The topological polar surface area (TPSA) is 97.6 Å². The molecular formula is C25H28ClFN4O3. The Bertz CT molecular complexity index is 1110. The van der Waals surface area contributed by atoms with Gasteiger partial charge in [-0.05, 0) is 61.2 Å². The number of nitrogens with zero attached hydrogens (tertiary/aromatic N) is 2. The van der Waals surface area contributed by atoms with Crippen molar-refractivity contribution in [2.24, 2.45) is 5.92 Å². The molecule has 0 radical (unpaired) electrons. The molecule has 2 aliphatic rings. The van der Waals surface area contributed by atoms with Crippen LogP contribution >= 0.6 is 11.6 Å². The molecule has 0 spiro atoms. The molecule has 2 aromatic rings. The number of rotatable bonds is 6. The number of hydrogen-bond donors (Lipinski definition) is 3. The van der Waals surface area contributed by atoms with Gasteiger partial charge in [-0.25, -0.2) is 4.39 Å². The van der Waals surface area contributed by atoms with Gasteiger partial charge in [-0.2, -0.15) is 5.26 Å². The fraction of sp³-hybridized carbons (Fsp3) is 0.440. The molecule has 0 saturated carbocycles. The lowest BCUT2D eigenvalue weighted by Crippen LogP contribution is -2.51. The Hall–Kier alpha value is -2.54. The van der Waals surface area contributed by atoms with E-state index in [0.717, 1.165) is 49.7 Å². The summed E-state index contributed by atoms with van der Waals surface area (Å²) in [5.41, 5.74) is 2.50. The first-order valence-electron chi connectivity index (χ1n) is 11.4. The molecule has 180 valence electrons. The second-order valence-electron chi connectivity index (χ2n) is 8.93. The molecule has 1 amide bonds. The monoisotopic (exact) mass is 486 g/mol. The number of piperazine rings is 1. The number of amides is 1. The van der Waals surface area contributed by atoms with Crippen molar-refractivity contribution in [3.05, 3.63) is 63.4 Å². The molecule has 2 aromatic carbocycles. The van der Waals surface area contributed by atoms with E-state index in [1.165, 1.54) is 12.1 Å². The predicted octanol–water partition coefficient (Wildman–Crippen LogP) is 3.43. The highest BCUT2D eigenvalue weighted by Crippen LogP contribution is 2.28. The first-order valence-corrected chi connectivity index (χ1v) is 11.8. The van der Waals surface area contributed by atoms with Crippen LogP contribution in [0.2, 0.25) is 5.02 Å². The number of aliphatic hydroxyl groups excluding tert-OH is 1. The largest absolute Gasteiger partial charge is 0.368 e. The maximum Gasteiger partial charge on any atom is 0.255 e. The van der Waals surface area contributed by atoms with Crippen molar-refractivity contribution in [2.45, 2.75) is 38.6 Å². The highest BCUT2D eigenvalue weighted by Gasteiger charge is 2.30. The summed E-state index contributed by atoms with van der Waals surface area (Å²) < 4.78 is 18.9. The van der Waals surface area contributed by atoms with E-state index >= 15 is 0 Å². The minimum atomic E-state index is -0.677. The Kier molecular flexibility index (Phi) is 7.81. The Morgan fingerprint density at radius 3 is 2.97 bits per heavy atom. The summed E-state index contributed by atoms with van der Waals surface area (Å²) in [6.45, 7) is 5.77. The lowest BCUT2D eigenvalue weighted by atomic mass is 9.96. The minimum Gasteiger partial charge on any atom is -0.368 e. The molecule has 0 bridgehead atoms. The van der Waals surface area contributed by atoms with E-state index in [2.05, 4.69) is 15.5 Å². The van der Waals surface area contributed by atoms with Gasteiger partial charge in [0, 0.05) is 54.4 Å². The summed E-state index contributed by atoms with van der Waals surface area (Å²) in [4.78, 5) is 15.1. The number of anilines is 1. The maximum absolute atomic E-state index is 13.6. The van der Waals surface area contributed by atoms with Gasteiger partial charge in [0.25, 0.3) is 5.91 Å². The zero-order chi connectivity index (χ0) is 24.2. The number of carbonyl (C=O) groups is 1. The summed E-state index contributed by atoms with van der Waals surface area (Å²) in [5, 5.41) is 25.9. The average molecular weight is 487 g/mol. The molecule has 0 aliphatic carbocycles. The van der Waals surface area contributed by atoms with Gasteiger partial charge in [-0.15, -0.1) is 0 Å². The van der Waals surface area contributed by atoms with Crippen LogP contribution in [0.15, 0.2) is 30.3 Å². The van der Waals surface area contributed by atoms with E-state index in [-0.39, 0.29) is 23.1 Å². The summed E-state index contributed by atoms with van der Waals surface area (Å²) in [5.74, 6) is -0.947. The van der Waals surface area contributed by atoms with Crippen LogP contribution in [0.5, 0.6) is 0 Å². The van der Waals surface area contributed by atoms with Crippen molar-refractivity contribution < 1.29 is 19.0 Å². The molecule has 2 heterocycles. The number of carbonyl (C=O) groups excluding carboxylic acids is 1. The third-order valence-electron chi connectivity index (χ3n) is 6.58. The smallest absolute Gasteiger partial charge is 0.255 e. The van der Waals surface area contributed by atoms with Gasteiger partial charge in [0.2, 0.25) is 0 Å². The molecule has 34 heavy (non-hydrogen) atoms. The van der Waals surface area contributed by atoms with Gasteiger partial charge >= 0.3 is 0 Å². The van der Waals surface area contributed by atoms with Crippen molar-refractivity contribution in [3.8, 4) is 6.07 Å². The van der Waals surface area contributed by atoms with Gasteiger partial charge in [-0.3, -0.25) is 9.69 Å². The molecule has 2 aliphatic heterocycles. The first kappa shape index (κ1) is 24.6. The van der Waals surface area contributed by atoms with E-state index < -0.39 is 18.0 Å². The van der Waals surface area contributed by atoms with Gasteiger partial charge in [0.15, 0.2) is 6.29 Å². The lowest BCUT2D eigenvalue weighted by Gasteiger charge is -2.35. The highest BCUT2D eigenvalue weighted by atomic mass is 35.5. The Labute approximate surface area is 203 Å². The molecule has 2 saturated heterocycles. The van der Waals surface area contributed by atoms with Crippen LogP contribution in [0.3, 0.4) is 0 Å². The van der Waals surface area contributed by atoms with Crippen molar-refractivity contribution in [2.75, 3.05) is 31.6 Å². The molecule has 0 aromatic heterocycles. The van der Waals surface area contributed by atoms with Crippen molar-refractivity contribution in [3.63, 3.8) is 0 Å². The number of benzene rings is 2. The van der Waals surface area contributed by atoms with E-state index in [1.54, 1.807) is 12.1 Å². The molecule has 9 heteroatoms. The van der Waals surface area contributed by atoms with Crippen LogP contribution in [-0.2, 0) is 11.3 Å². The molecule has 2 fully saturated rings. The summed E-state index contributed by atoms with van der Waals surface area (Å²) in [6, 6.07) is 9.31. The molecule has 3 N–H and O–H groups in total. The highest BCUT2D eigenvalue weighted by molar-refractivity contribution is 6.31. The fourth-order valence-electron chi connectivity index (χ4n) is 4.63. The SMILES string of the molecule is Cc1c(CN2CCN[C@@H](CC3CCO[C@@H]3O)C2)cc(Cl)cc1NC(=O)c1ccc(F)c(C#N)c1. The zero-order valence-electron chi connectivity index (χ0n) is 19.0. The summed E-state index contributed by atoms with van der Waals surface area (Å²) in [6.07, 6.45) is 1.05. The van der Waals surface area contributed by atoms with E-state index in [9.17, 15) is 14.3 Å². The Balaban J connectivity index is 1.45. The van der Waals surface area contributed by atoms with Gasteiger partial charge in [-0.1, -0.05) is 11.6 Å². The summed E-state index contributed by atoms with van der Waals surface area (Å²) in [7, 11) is 0. The third kappa shape index (κ3) is 5.74. The van der Waals surface area contributed by atoms with Gasteiger partial charge < -0.3 is 20.5 Å². The van der Waals surface area contributed by atoms with Crippen LogP contribution < -0.4 is 10.6 Å². The predicted molar refractivity (Wildman–Crippen MR) is 127 cm³/mol. The van der Waals surface area contributed by atoms with Crippen molar-refractivity contribution in [1.29, 1.82) is 5.26 Å². The van der Waals surface area contributed by atoms with Crippen LogP contribution in [-0.4, -0.2) is 54.5 Å². The Morgan fingerprint density at radius 1 is 1.41 bits per heavy atom. The first-order chi connectivity index (χ1) is 16.3. The normalized spacial score (nSPS) is 23.0. The van der Waals surface area contributed by atoms with Crippen LogP contribution in [0.4, 0.5) is 10.1 Å². The van der Waals surface area contributed by atoms with Gasteiger partial charge in [0.05, 0.1) is 12.2 Å². The third-order valence-corrected chi connectivity index (χ3v) is 6.80. The van der Waals surface area contributed by atoms with Crippen LogP contribution in [0, 0.1) is 30.0 Å². The molecule has 3 atom stereocenters. The quantitative estimate of drug-likeness (QED) is 0.578. The van der Waals surface area contributed by atoms with E-state index in [1.807, 2.05) is 13.0 Å². The number of nitriles is 1. The number of aliphatic hydroxyl groups is 1. The number of nitrogens with one attached hydrogen (secondary N) is 2. The second-order valence-corrected chi connectivity index (χ2v) is 9.37. The molecule has 7 nitrogen and oxygen atoms in total. The van der Waals surface area contributed by atoms with Crippen LogP contribution in [0.25, 0.3) is 0 Å². The lowest BCUT2D eigenvalue weighted by molar-refractivity contribution is -0.0855. The van der Waals surface area contributed by atoms with Crippen molar-refractivity contribution >= 4 is 23.2 Å². The standard InChI is InChI=1S/C25H28ClFN4O3/c1-15-19(13-31-6-5-29-21(14-31)10-17-4-7-34-25(17)33)9-20(26)11-23(15)30-24(32)16-2-3-22(27)18(8-16)12-28/h2-3,8-9,11,17,21,25,29,33H,4-7,10,13-14H2,1H3,(H,30,32)/t17?,21-,25-/m0/s1. The second kappa shape index (κ2) is 10.8.